The monoisotopic (exact) mass is 354 g/mol. The molecule has 26 heavy (non-hydrogen) atoms. The van der Waals surface area contributed by atoms with Crippen LogP contribution >= 0.6 is 0 Å². The van der Waals surface area contributed by atoms with Gasteiger partial charge in [-0.25, -0.2) is 4.79 Å². The Labute approximate surface area is 154 Å². The number of benzene rings is 1. The number of carbonyl (C=O) groups excluding carboxylic acids is 2. The summed E-state index contributed by atoms with van der Waals surface area (Å²) in [5.74, 6) is -0.350. The van der Waals surface area contributed by atoms with Crippen molar-refractivity contribution in [1.29, 1.82) is 0 Å². The molecule has 2 aromatic rings. The molecule has 0 saturated heterocycles. The molecule has 0 bridgehead atoms. The van der Waals surface area contributed by atoms with E-state index < -0.39 is 5.97 Å². The first-order valence-corrected chi connectivity index (χ1v) is 9.12. The van der Waals surface area contributed by atoms with Crippen molar-refractivity contribution >= 4 is 17.6 Å². The summed E-state index contributed by atoms with van der Waals surface area (Å²) in [6.45, 7) is 7.87. The topological polar surface area (TPSA) is 60.3 Å². The Bertz CT molecular complexity index is 815. The predicted octanol–water partition coefficient (Wildman–Crippen LogP) is 4.36. The molecule has 138 valence electrons. The van der Waals surface area contributed by atoms with Crippen molar-refractivity contribution in [2.24, 2.45) is 0 Å². The van der Waals surface area contributed by atoms with Crippen LogP contribution in [0.4, 0.5) is 5.69 Å². The summed E-state index contributed by atoms with van der Waals surface area (Å²) in [6.07, 6.45) is 2.31. The maximum Gasteiger partial charge on any atom is 0.340 e. The van der Waals surface area contributed by atoms with Crippen molar-refractivity contribution in [3.05, 3.63) is 52.8 Å². The first-order chi connectivity index (χ1) is 12.4. The number of hydrogen-bond acceptors (Lipinski definition) is 3. The van der Waals surface area contributed by atoms with E-state index in [0.717, 1.165) is 24.2 Å². The molecule has 3 rings (SSSR count). The fourth-order valence-corrected chi connectivity index (χ4v) is 3.24. The SMILES string of the molecule is Cc1cc(C(=O)OCC(=O)Nc2ccc(C(C)C)cc2)c(C)n1C1CC1. The van der Waals surface area contributed by atoms with Crippen LogP contribution in [0.25, 0.3) is 0 Å². The summed E-state index contributed by atoms with van der Waals surface area (Å²) in [5.41, 5.74) is 4.43. The predicted molar refractivity (Wildman–Crippen MR) is 102 cm³/mol. The Hall–Kier alpha value is -2.56. The van der Waals surface area contributed by atoms with Crippen LogP contribution in [0.2, 0.25) is 0 Å². The highest BCUT2D eigenvalue weighted by Crippen LogP contribution is 2.38. The third kappa shape index (κ3) is 3.98. The molecular weight excluding hydrogens is 328 g/mol. The van der Waals surface area contributed by atoms with Gasteiger partial charge in [0.15, 0.2) is 6.61 Å². The Morgan fingerprint density at radius 1 is 1.19 bits per heavy atom. The summed E-state index contributed by atoms with van der Waals surface area (Å²) in [6, 6.07) is 10.0. The lowest BCUT2D eigenvalue weighted by Crippen LogP contribution is -2.21. The molecule has 0 radical (unpaired) electrons. The van der Waals surface area contributed by atoms with Crippen LogP contribution in [-0.4, -0.2) is 23.1 Å². The van der Waals surface area contributed by atoms with Crippen LogP contribution in [0.1, 0.15) is 66.0 Å². The minimum Gasteiger partial charge on any atom is -0.452 e. The van der Waals surface area contributed by atoms with E-state index >= 15 is 0 Å². The van der Waals surface area contributed by atoms with Crippen LogP contribution in [-0.2, 0) is 9.53 Å². The third-order valence-electron chi connectivity index (χ3n) is 4.81. The summed E-state index contributed by atoms with van der Waals surface area (Å²) in [4.78, 5) is 24.4. The zero-order chi connectivity index (χ0) is 18.8. The van der Waals surface area contributed by atoms with E-state index in [4.69, 9.17) is 4.74 Å². The molecule has 0 unspecified atom stereocenters. The summed E-state index contributed by atoms with van der Waals surface area (Å²) in [7, 11) is 0. The lowest BCUT2D eigenvalue weighted by atomic mass is 10.0. The molecule has 1 saturated carbocycles. The smallest absolute Gasteiger partial charge is 0.340 e. The number of nitrogens with zero attached hydrogens (tertiary/aromatic N) is 1. The van der Waals surface area contributed by atoms with E-state index in [1.54, 1.807) is 0 Å². The highest BCUT2D eigenvalue weighted by molar-refractivity contribution is 5.96. The van der Waals surface area contributed by atoms with E-state index in [1.165, 1.54) is 5.56 Å². The number of ether oxygens (including phenoxy) is 1. The standard InChI is InChI=1S/C21H26N2O3/c1-13(2)16-5-7-17(8-6-16)22-20(24)12-26-21(25)19-11-14(3)23(15(19)4)18-9-10-18/h5-8,11,13,18H,9-10,12H2,1-4H3,(H,22,24). The number of esters is 1. The van der Waals surface area contributed by atoms with Crippen LogP contribution in [0.5, 0.6) is 0 Å². The normalized spacial score (nSPS) is 13.7. The number of anilines is 1. The molecule has 5 nitrogen and oxygen atoms in total. The van der Waals surface area contributed by atoms with E-state index in [2.05, 4.69) is 23.7 Å². The Balaban J connectivity index is 1.56. The molecule has 1 aliphatic carbocycles. The summed E-state index contributed by atoms with van der Waals surface area (Å²) in [5, 5.41) is 2.75. The van der Waals surface area contributed by atoms with Crippen molar-refractivity contribution in [1.82, 2.24) is 4.57 Å². The lowest BCUT2D eigenvalue weighted by molar-refractivity contribution is -0.119. The number of carbonyl (C=O) groups is 2. The largest absolute Gasteiger partial charge is 0.452 e. The zero-order valence-corrected chi connectivity index (χ0v) is 15.8. The summed E-state index contributed by atoms with van der Waals surface area (Å²) >= 11 is 0. The van der Waals surface area contributed by atoms with Crippen molar-refractivity contribution in [3.63, 3.8) is 0 Å². The van der Waals surface area contributed by atoms with Gasteiger partial charge in [-0.1, -0.05) is 26.0 Å². The minimum atomic E-state index is -0.449. The van der Waals surface area contributed by atoms with E-state index in [1.807, 2.05) is 44.2 Å². The molecular formula is C21H26N2O3. The molecule has 1 heterocycles. The third-order valence-corrected chi connectivity index (χ3v) is 4.81. The van der Waals surface area contributed by atoms with Crippen molar-refractivity contribution < 1.29 is 14.3 Å². The van der Waals surface area contributed by atoms with Gasteiger partial charge in [0.1, 0.15) is 0 Å². The first-order valence-electron chi connectivity index (χ1n) is 9.12. The second-order valence-electron chi connectivity index (χ2n) is 7.29. The second-order valence-corrected chi connectivity index (χ2v) is 7.29. The average Bonchev–Trinajstić information content (AvgIpc) is 3.38. The fourth-order valence-electron chi connectivity index (χ4n) is 3.24. The Morgan fingerprint density at radius 3 is 2.42 bits per heavy atom. The van der Waals surface area contributed by atoms with E-state index in [0.29, 0.717) is 23.2 Å². The number of hydrogen-bond donors (Lipinski definition) is 1. The highest BCUT2D eigenvalue weighted by Gasteiger charge is 2.28. The maximum absolute atomic E-state index is 12.3. The molecule has 1 fully saturated rings. The molecule has 0 aliphatic heterocycles. The van der Waals surface area contributed by atoms with Gasteiger partial charge in [0.05, 0.1) is 5.56 Å². The van der Waals surface area contributed by atoms with Gasteiger partial charge >= 0.3 is 5.97 Å². The maximum atomic E-state index is 12.3. The molecule has 1 amide bonds. The number of aromatic nitrogens is 1. The first kappa shape index (κ1) is 18.2. The van der Waals surface area contributed by atoms with Gasteiger partial charge in [-0.2, -0.15) is 0 Å². The number of rotatable bonds is 6. The van der Waals surface area contributed by atoms with Crippen LogP contribution in [0.15, 0.2) is 30.3 Å². The Kier molecular flexibility index (Phi) is 5.16. The Morgan fingerprint density at radius 2 is 1.85 bits per heavy atom. The minimum absolute atomic E-state index is 0.294. The van der Waals surface area contributed by atoms with Crippen LogP contribution < -0.4 is 5.32 Å². The zero-order valence-electron chi connectivity index (χ0n) is 15.8. The van der Waals surface area contributed by atoms with Gasteiger partial charge in [0.2, 0.25) is 0 Å². The number of amides is 1. The molecule has 5 heteroatoms. The molecule has 1 aromatic heterocycles. The molecule has 1 aliphatic rings. The molecule has 0 atom stereocenters. The van der Waals surface area contributed by atoms with Crippen LogP contribution in [0, 0.1) is 13.8 Å². The van der Waals surface area contributed by atoms with Gasteiger partial charge in [-0.05, 0) is 56.4 Å². The van der Waals surface area contributed by atoms with Crippen molar-refractivity contribution in [3.8, 4) is 0 Å². The lowest BCUT2D eigenvalue weighted by Gasteiger charge is -2.09. The molecule has 1 aromatic carbocycles. The van der Waals surface area contributed by atoms with Gasteiger partial charge < -0.3 is 14.6 Å². The van der Waals surface area contributed by atoms with Crippen LogP contribution in [0.3, 0.4) is 0 Å². The quantitative estimate of drug-likeness (QED) is 0.784. The van der Waals surface area contributed by atoms with Gasteiger partial charge in [-0.3, -0.25) is 4.79 Å². The second kappa shape index (κ2) is 7.36. The van der Waals surface area contributed by atoms with Gasteiger partial charge in [0, 0.05) is 23.1 Å². The van der Waals surface area contributed by atoms with Crippen molar-refractivity contribution in [2.45, 2.75) is 52.5 Å². The number of nitrogens with one attached hydrogen (secondary N) is 1. The average molecular weight is 354 g/mol. The fraction of sp³-hybridized carbons (Fsp3) is 0.429. The summed E-state index contributed by atoms with van der Waals surface area (Å²) < 4.78 is 7.40. The molecule has 0 spiro atoms. The van der Waals surface area contributed by atoms with E-state index in [-0.39, 0.29) is 12.5 Å². The number of aryl methyl sites for hydroxylation is 1. The van der Waals surface area contributed by atoms with Crippen molar-refractivity contribution in [2.75, 3.05) is 11.9 Å². The van der Waals surface area contributed by atoms with E-state index in [9.17, 15) is 9.59 Å². The van der Waals surface area contributed by atoms with Gasteiger partial charge in [-0.15, -0.1) is 0 Å². The highest BCUT2D eigenvalue weighted by atomic mass is 16.5. The molecule has 1 N–H and O–H groups in total. The van der Waals surface area contributed by atoms with Gasteiger partial charge in [0.25, 0.3) is 5.91 Å².